The molecule has 0 aromatic carbocycles. The van der Waals surface area contributed by atoms with Crippen LogP contribution in [0.5, 0.6) is 0 Å². The largest absolute Gasteiger partial charge is 0.383 e. The first-order chi connectivity index (χ1) is 8.70. The number of halogens is 1. The fourth-order valence-electron chi connectivity index (χ4n) is 1.56. The second-order valence-corrected chi connectivity index (χ2v) is 4.54. The molecule has 0 saturated carbocycles. The van der Waals surface area contributed by atoms with Gasteiger partial charge in [-0.3, -0.25) is 4.98 Å². The van der Waals surface area contributed by atoms with Gasteiger partial charge in [0, 0.05) is 25.9 Å². The van der Waals surface area contributed by atoms with Crippen LogP contribution >= 0.6 is 15.9 Å². The number of hydrogen-bond acceptors (Lipinski definition) is 5. The van der Waals surface area contributed by atoms with Crippen LogP contribution < -0.4 is 5.73 Å². The minimum atomic E-state index is 0.399. The average Bonchev–Trinajstić information content (AvgIpc) is 2.37. The molecule has 2 aromatic heterocycles. The van der Waals surface area contributed by atoms with Gasteiger partial charge in [0.05, 0.1) is 16.8 Å². The Kier molecular flexibility index (Phi) is 4.22. The Labute approximate surface area is 114 Å². The van der Waals surface area contributed by atoms with Crippen LogP contribution in [0.15, 0.2) is 29.0 Å². The number of hydrogen-bond donors (Lipinski definition) is 1. The normalized spacial score (nSPS) is 10.6. The number of pyridine rings is 1. The molecule has 0 fully saturated rings. The van der Waals surface area contributed by atoms with E-state index in [-0.39, 0.29) is 0 Å². The fourth-order valence-corrected chi connectivity index (χ4v) is 1.85. The zero-order chi connectivity index (χ0) is 13.0. The van der Waals surface area contributed by atoms with Crippen LogP contribution in [0.2, 0.25) is 0 Å². The van der Waals surface area contributed by atoms with Gasteiger partial charge >= 0.3 is 0 Å². The SMILES string of the molecule is COCc1nc(Cc2ccncc2)nc(N)c1Br. The van der Waals surface area contributed by atoms with Crippen LogP contribution in [0, 0.1) is 0 Å². The van der Waals surface area contributed by atoms with Gasteiger partial charge < -0.3 is 10.5 Å². The molecule has 18 heavy (non-hydrogen) atoms. The lowest BCUT2D eigenvalue weighted by atomic mass is 10.2. The highest BCUT2D eigenvalue weighted by Crippen LogP contribution is 2.22. The summed E-state index contributed by atoms with van der Waals surface area (Å²) in [6, 6.07) is 3.86. The predicted molar refractivity (Wildman–Crippen MR) is 71.9 cm³/mol. The van der Waals surface area contributed by atoms with Gasteiger partial charge in [-0.25, -0.2) is 9.97 Å². The van der Waals surface area contributed by atoms with Crippen LogP contribution in [0.4, 0.5) is 5.82 Å². The molecule has 2 rings (SSSR count). The molecule has 5 nitrogen and oxygen atoms in total. The van der Waals surface area contributed by atoms with E-state index in [2.05, 4.69) is 30.9 Å². The maximum Gasteiger partial charge on any atom is 0.141 e. The number of rotatable bonds is 4. The zero-order valence-electron chi connectivity index (χ0n) is 9.93. The molecule has 0 spiro atoms. The third-order valence-corrected chi connectivity index (χ3v) is 3.25. The maximum absolute atomic E-state index is 5.84. The van der Waals surface area contributed by atoms with Crippen molar-refractivity contribution in [1.29, 1.82) is 0 Å². The lowest BCUT2D eigenvalue weighted by Crippen LogP contribution is -2.06. The van der Waals surface area contributed by atoms with E-state index in [1.165, 1.54) is 0 Å². The lowest BCUT2D eigenvalue weighted by molar-refractivity contribution is 0.180. The van der Waals surface area contributed by atoms with E-state index in [0.717, 1.165) is 11.3 Å². The molecule has 0 aliphatic heterocycles. The van der Waals surface area contributed by atoms with Crippen molar-refractivity contribution >= 4 is 21.7 Å². The van der Waals surface area contributed by atoms with Crippen LogP contribution in [-0.4, -0.2) is 22.1 Å². The zero-order valence-corrected chi connectivity index (χ0v) is 11.5. The quantitative estimate of drug-likeness (QED) is 0.934. The summed E-state index contributed by atoms with van der Waals surface area (Å²) < 4.78 is 5.78. The highest BCUT2D eigenvalue weighted by molar-refractivity contribution is 9.10. The minimum Gasteiger partial charge on any atom is -0.383 e. The molecule has 0 aliphatic rings. The Morgan fingerprint density at radius 3 is 2.67 bits per heavy atom. The molecule has 0 unspecified atom stereocenters. The van der Waals surface area contributed by atoms with Gasteiger partial charge in [0.1, 0.15) is 11.6 Å². The minimum absolute atomic E-state index is 0.399. The van der Waals surface area contributed by atoms with Gasteiger partial charge in [-0.15, -0.1) is 0 Å². The molecule has 0 radical (unpaired) electrons. The second-order valence-electron chi connectivity index (χ2n) is 3.75. The van der Waals surface area contributed by atoms with Crippen molar-refractivity contribution in [3.8, 4) is 0 Å². The molecule has 2 heterocycles. The molecule has 0 amide bonds. The van der Waals surface area contributed by atoms with E-state index in [4.69, 9.17) is 10.5 Å². The summed E-state index contributed by atoms with van der Waals surface area (Å²) in [7, 11) is 1.62. The topological polar surface area (TPSA) is 73.9 Å². The third-order valence-electron chi connectivity index (χ3n) is 2.38. The maximum atomic E-state index is 5.84. The molecule has 94 valence electrons. The van der Waals surface area contributed by atoms with E-state index in [1.807, 2.05) is 12.1 Å². The van der Waals surface area contributed by atoms with Crippen molar-refractivity contribution in [2.45, 2.75) is 13.0 Å². The number of methoxy groups -OCH3 is 1. The third kappa shape index (κ3) is 3.02. The van der Waals surface area contributed by atoms with E-state index < -0.39 is 0 Å². The first-order valence-electron chi connectivity index (χ1n) is 5.39. The molecular formula is C12H13BrN4O. The number of aromatic nitrogens is 3. The van der Waals surface area contributed by atoms with Crippen molar-refractivity contribution < 1.29 is 4.74 Å². The Balaban J connectivity index is 2.28. The second kappa shape index (κ2) is 5.88. The average molecular weight is 309 g/mol. The monoisotopic (exact) mass is 308 g/mol. The Morgan fingerprint density at radius 1 is 1.28 bits per heavy atom. The van der Waals surface area contributed by atoms with Gasteiger partial charge in [-0.05, 0) is 33.6 Å². The molecule has 0 saturated heterocycles. The van der Waals surface area contributed by atoms with E-state index in [1.54, 1.807) is 19.5 Å². The number of nitrogens with two attached hydrogens (primary N) is 1. The highest BCUT2D eigenvalue weighted by atomic mass is 79.9. The van der Waals surface area contributed by atoms with Crippen molar-refractivity contribution in [2.24, 2.45) is 0 Å². The summed E-state index contributed by atoms with van der Waals surface area (Å²) in [6.45, 7) is 0.399. The van der Waals surface area contributed by atoms with Crippen LogP contribution in [0.3, 0.4) is 0 Å². The fraction of sp³-hybridized carbons (Fsp3) is 0.250. The van der Waals surface area contributed by atoms with Crippen molar-refractivity contribution in [3.05, 3.63) is 46.1 Å². The molecule has 6 heteroatoms. The molecule has 0 bridgehead atoms. The van der Waals surface area contributed by atoms with Gasteiger partial charge in [0.15, 0.2) is 0 Å². The first-order valence-corrected chi connectivity index (χ1v) is 6.18. The lowest BCUT2D eigenvalue weighted by Gasteiger charge is -2.08. The summed E-state index contributed by atoms with van der Waals surface area (Å²) in [5.74, 6) is 1.11. The van der Waals surface area contributed by atoms with Gasteiger partial charge in [0.25, 0.3) is 0 Å². The summed E-state index contributed by atoms with van der Waals surface area (Å²) in [4.78, 5) is 12.7. The molecule has 2 N–H and O–H groups in total. The van der Waals surface area contributed by atoms with Crippen LogP contribution in [-0.2, 0) is 17.8 Å². The highest BCUT2D eigenvalue weighted by Gasteiger charge is 2.10. The summed E-state index contributed by atoms with van der Waals surface area (Å²) in [6.07, 6.45) is 4.11. The molecular weight excluding hydrogens is 296 g/mol. The molecule has 2 aromatic rings. The molecule has 0 atom stereocenters. The van der Waals surface area contributed by atoms with Gasteiger partial charge in [-0.2, -0.15) is 0 Å². The first kappa shape index (κ1) is 12.9. The van der Waals surface area contributed by atoms with Gasteiger partial charge in [-0.1, -0.05) is 0 Å². The van der Waals surface area contributed by atoms with E-state index in [0.29, 0.717) is 29.1 Å². The van der Waals surface area contributed by atoms with E-state index >= 15 is 0 Å². The van der Waals surface area contributed by atoms with Crippen molar-refractivity contribution in [3.63, 3.8) is 0 Å². The van der Waals surface area contributed by atoms with Crippen LogP contribution in [0.25, 0.3) is 0 Å². The molecule has 0 aliphatic carbocycles. The smallest absolute Gasteiger partial charge is 0.141 e. The number of ether oxygens (including phenoxy) is 1. The number of anilines is 1. The predicted octanol–water partition coefficient (Wildman–Crippen LogP) is 1.95. The standard InChI is InChI=1S/C12H13BrN4O/c1-18-7-9-11(13)12(14)17-10(16-9)6-8-2-4-15-5-3-8/h2-5H,6-7H2,1H3,(H2,14,16,17). The summed E-state index contributed by atoms with van der Waals surface area (Å²) >= 11 is 3.36. The Hall–Kier alpha value is -1.53. The van der Waals surface area contributed by atoms with E-state index in [9.17, 15) is 0 Å². The van der Waals surface area contributed by atoms with Crippen molar-refractivity contribution in [2.75, 3.05) is 12.8 Å². The van der Waals surface area contributed by atoms with Crippen molar-refractivity contribution in [1.82, 2.24) is 15.0 Å². The Morgan fingerprint density at radius 2 is 2.00 bits per heavy atom. The summed E-state index contributed by atoms with van der Waals surface area (Å²) in [5, 5.41) is 0. The summed E-state index contributed by atoms with van der Waals surface area (Å²) in [5.41, 5.74) is 7.69. The van der Waals surface area contributed by atoms with Gasteiger partial charge in [0.2, 0.25) is 0 Å². The van der Waals surface area contributed by atoms with Crippen LogP contribution in [0.1, 0.15) is 17.1 Å². The Bertz CT molecular complexity index is 533. The number of nitrogen functional groups attached to an aromatic ring is 1. The number of nitrogens with zero attached hydrogens (tertiary/aromatic N) is 3.